The molecule has 0 spiro atoms. The minimum atomic E-state index is -0.405. The van der Waals surface area contributed by atoms with E-state index in [9.17, 15) is 4.79 Å². The molecule has 1 saturated heterocycles. The van der Waals surface area contributed by atoms with Crippen molar-refractivity contribution in [1.82, 2.24) is 4.90 Å². The van der Waals surface area contributed by atoms with Crippen LogP contribution < -0.4 is 5.73 Å². The Labute approximate surface area is 122 Å². The summed E-state index contributed by atoms with van der Waals surface area (Å²) in [5.74, 6) is 0.0165. The number of benzene rings is 1. The molecule has 2 atom stereocenters. The Morgan fingerprint density at radius 3 is 3.00 bits per heavy atom. The molecule has 2 unspecified atom stereocenters. The number of morpholine rings is 1. The van der Waals surface area contributed by atoms with Crippen LogP contribution in [0.1, 0.15) is 25.0 Å². The highest BCUT2D eigenvalue weighted by Crippen LogP contribution is 2.28. The van der Waals surface area contributed by atoms with Gasteiger partial charge in [0.1, 0.15) is 6.10 Å². The number of nitrogens with zero attached hydrogens (tertiary/aromatic N) is 1. The van der Waals surface area contributed by atoms with Crippen molar-refractivity contribution < 1.29 is 9.53 Å². The number of hydrogen-bond acceptors (Lipinski definition) is 3. The molecule has 1 aliphatic heterocycles. The maximum absolute atomic E-state index is 12.1. The van der Waals surface area contributed by atoms with Gasteiger partial charge in [-0.2, -0.15) is 0 Å². The van der Waals surface area contributed by atoms with Crippen LogP contribution in [0.4, 0.5) is 0 Å². The van der Waals surface area contributed by atoms with E-state index in [0.29, 0.717) is 26.1 Å². The van der Waals surface area contributed by atoms with Crippen LogP contribution >= 0.6 is 15.9 Å². The summed E-state index contributed by atoms with van der Waals surface area (Å²) in [6, 6.07) is 7.53. The van der Waals surface area contributed by atoms with Gasteiger partial charge >= 0.3 is 0 Å². The number of ether oxygens (including phenoxy) is 1. The van der Waals surface area contributed by atoms with Crippen LogP contribution in [0, 0.1) is 0 Å². The molecule has 1 fully saturated rings. The topological polar surface area (TPSA) is 55.6 Å². The van der Waals surface area contributed by atoms with Crippen molar-refractivity contribution in [3.63, 3.8) is 0 Å². The molecule has 1 aromatic rings. The predicted octanol–water partition coefficient (Wildman–Crippen LogP) is 2.09. The fourth-order valence-electron chi connectivity index (χ4n) is 2.18. The molecule has 0 aliphatic carbocycles. The highest BCUT2D eigenvalue weighted by molar-refractivity contribution is 9.10. The Morgan fingerprint density at radius 2 is 2.32 bits per heavy atom. The second kappa shape index (κ2) is 6.50. The Bertz CT molecular complexity index is 453. The van der Waals surface area contributed by atoms with E-state index < -0.39 is 6.04 Å². The second-order valence-electron chi connectivity index (χ2n) is 4.68. The zero-order chi connectivity index (χ0) is 13.8. The smallest absolute Gasteiger partial charge is 0.239 e. The van der Waals surface area contributed by atoms with E-state index in [-0.39, 0.29) is 12.0 Å². The van der Waals surface area contributed by atoms with Crippen molar-refractivity contribution in [3.8, 4) is 0 Å². The maximum atomic E-state index is 12.1. The van der Waals surface area contributed by atoms with Gasteiger partial charge in [0.2, 0.25) is 5.91 Å². The maximum Gasteiger partial charge on any atom is 0.239 e. The highest BCUT2D eigenvalue weighted by Gasteiger charge is 2.28. The lowest BCUT2D eigenvalue weighted by Crippen LogP contribution is -2.49. The van der Waals surface area contributed by atoms with Crippen LogP contribution in [-0.4, -0.2) is 36.5 Å². The molecule has 0 aromatic heterocycles. The lowest BCUT2D eigenvalue weighted by Gasteiger charge is -2.34. The number of nitrogens with two attached hydrogens (primary N) is 1. The third-order valence-corrected chi connectivity index (χ3v) is 4.11. The third kappa shape index (κ3) is 3.35. The van der Waals surface area contributed by atoms with E-state index in [1.54, 1.807) is 0 Å². The van der Waals surface area contributed by atoms with Gasteiger partial charge in [-0.15, -0.1) is 0 Å². The molecule has 1 amide bonds. The van der Waals surface area contributed by atoms with Gasteiger partial charge in [-0.05, 0) is 18.1 Å². The van der Waals surface area contributed by atoms with Crippen molar-refractivity contribution in [2.75, 3.05) is 19.7 Å². The van der Waals surface area contributed by atoms with Crippen LogP contribution in [0.2, 0.25) is 0 Å². The van der Waals surface area contributed by atoms with E-state index in [1.165, 1.54) is 0 Å². The van der Waals surface area contributed by atoms with Gasteiger partial charge in [0.25, 0.3) is 0 Å². The van der Waals surface area contributed by atoms with Crippen LogP contribution in [-0.2, 0) is 9.53 Å². The molecular weight excluding hydrogens is 308 g/mol. The number of amides is 1. The molecule has 0 bridgehead atoms. The molecule has 5 heteroatoms. The first kappa shape index (κ1) is 14.5. The normalized spacial score (nSPS) is 21.2. The standard InChI is InChI=1S/C14H19BrN2O2/c1-2-12(16)14(18)17-7-8-19-13(9-17)10-5-3-4-6-11(10)15/h3-6,12-13H,2,7-9,16H2,1H3. The monoisotopic (exact) mass is 326 g/mol. The number of carbonyl (C=O) groups is 1. The first-order chi connectivity index (χ1) is 9.13. The summed E-state index contributed by atoms with van der Waals surface area (Å²) in [4.78, 5) is 13.9. The van der Waals surface area contributed by atoms with E-state index in [4.69, 9.17) is 10.5 Å². The van der Waals surface area contributed by atoms with Crippen LogP contribution in [0.5, 0.6) is 0 Å². The number of halogens is 1. The zero-order valence-electron chi connectivity index (χ0n) is 11.0. The molecule has 1 heterocycles. The van der Waals surface area contributed by atoms with Gasteiger partial charge in [-0.3, -0.25) is 4.79 Å². The molecule has 1 aromatic carbocycles. The predicted molar refractivity (Wildman–Crippen MR) is 77.7 cm³/mol. The van der Waals surface area contributed by atoms with Gasteiger partial charge in [0.05, 0.1) is 19.2 Å². The molecule has 0 radical (unpaired) electrons. The van der Waals surface area contributed by atoms with Gasteiger partial charge < -0.3 is 15.4 Å². The largest absolute Gasteiger partial charge is 0.370 e. The fourth-order valence-corrected chi connectivity index (χ4v) is 2.72. The lowest BCUT2D eigenvalue weighted by molar-refractivity contribution is -0.140. The quantitative estimate of drug-likeness (QED) is 0.925. The minimum Gasteiger partial charge on any atom is -0.370 e. The van der Waals surface area contributed by atoms with E-state index in [1.807, 2.05) is 36.1 Å². The second-order valence-corrected chi connectivity index (χ2v) is 5.53. The molecule has 19 heavy (non-hydrogen) atoms. The summed E-state index contributed by atoms with van der Waals surface area (Å²) in [6.45, 7) is 3.66. The summed E-state index contributed by atoms with van der Waals surface area (Å²) in [5, 5.41) is 0. The first-order valence-electron chi connectivity index (χ1n) is 6.54. The van der Waals surface area contributed by atoms with Crippen molar-refractivity contribution in [2.24, 2.45) is 5.73 Å². The summed E-state index contributed by atoms with van der Waals surface area (Å²) >= 11 is 3.52. The molecule has 1 aliphatic rings. The number of carbonyl (C=O) groups excluding carboxylic acids is 1. The van der Waals surface area contributed by atoms with Gasteiger partial charge in [0.15, 0.2) is 0 Å². The highest BCUT2D eigenvalue weighted by atomic mass is 79.9. The number of hydrogen-bond donors (Lipinski definition) is 1. The molecule has 4 nitrogen and oxygen atoms in total. The summed E-state index contributed by atoms with van der Waals surface area (Å²) in [5.41, 5.74) is 6.89. The SMILES string of the molecule is CCC(N)C(=O)N1CCOC(c2ccccc2Br)C1. The average Bonchev–Trinajstić information content (AvgIpc) is 2.46. The Kier molecular flexibility index (Phi) is 4.96. The average molecular weight is 327 g/mol. The Balaban J connectivity index is 2.09. The lowest BCUT2D eigenvalue weighted by atomic mass is 10.1. The van der Waals surface area contributed by atoms with E-state index in [0.717, 1.165) is 10.0 Å². The van der Waals surface area contributed by atoms with Crippen molar-refractivity contribution in [3.05, 3.63) is 34.3 Å². The van der Waals surface area contributed by atoms with E-state index >= 15 is 0 Å². The minimum absolute atomic E-state index is 0.0165. The third-order valence-electron chi connectivity index (χ3n) is 3.39. The zero-order valence-corrected chi connectivity index (χ0v) is 12.6. The van der Waals surface area contributed by atoms with Gasteiger partial charge in [-0.25, -0.2) is 0 Å². The van der Waals surface area contributed by atoms with E-state index in [2.05, 4.69) is 15.9 Å². The summed E-state index contributed by atoms with van der Waals surface area (Å²) in [6.07, 6.45) is 0.577. The van der Waals surface area contributed by atoms with Crippen molar-refractivity contribution >= 4 is 21.8 Å². The molecule has 2 N–H and O–H groups in total. The van der Waals surface area contributed by atoms with Crippen LogP contribution in [0.3, 0.4) is 0 Å². The number of rotatable bonds is 3. The fraction of sp³-hybridized carbons (Fsp3) is 0.500. The Hall–Kier alpha value is -0.910. The summed E-state index contributed by atoms with van der Waals surface area (Å²) < 4.78 is 6.78. The first-order valence-corrected chi connectivity index (χ1v) is 7.33. The van der Waals surface area contributed by atoms with Crippen LogP contribution in [0.15, 0.2) is 28.7 Å². The van der Waals surface area contributed by atoms with Crippen LogP contribution in [0.25, 0.3) is 0 Å². The van der Waals surface area contributed by atoms with Crippen molar-refractivity contribution in [1.29, 1.82) is 0 Å². The molecule has 2 rings (SSSR count). The molecular formula is C14H19BrN2O2. The molecule has 0 saturated carbocycles. The van der Waals surface area contributed by atoms with Gasteiger partial charge in [-0.1, -0.05) is 41.1 Å². The Morgan fingerprint density at radius 1 is 1.58 bits per heavy atom. The van der Waals surface area contributed by atoms with Gasteiger partial charge in [0, 0.05) is 11.0 Å². The molecule has 104 valence electrons. The summed E-state index contributed by atoms with van der Waals surface area (Å²) in [7, 11) is 0. The van der Waals surface area contributed by atoms with Crippen molar-refractivity contribution in [2.45, 2.75) is 25.5 Å².